The Balaban J connectivity index is 1.77. The largest absolute Gasteiger partial charge is 0.488 e. The van der Waals surface area contributed by atoms with Crippen LogP contribution in [0.1, 0.15) is 17.5 Å². The van der Waals surface area contributed by atoms with Crippen LogP contribution in [0.3, 0.4) is 0 Å². The molecule has 5 heteroatoms. The molecule has 0 bridgehead atoms. The minimum Gasteiger partial charge on any atom is -0.488 e. The van der Waals surface area contributed by atoms with E-state index in [9.17, 15) is 0 Å². The van der Waals surface area contributed by atoms with Crippen LogP contribution < -0.4 is 10.1 Å². The van der Waals surface area contributed by atoms with Crippen LogP contribution in [0.2, 0.25) is 10.0 Å². The van der Waals surface area contributed by atoms with Crippen LogP contribution >= 0.6 is 23.2 Å². The maximum atomic E-state index is 6.03. The van der Waals surface area contributed by atoms with E-state index in [1.807, 2.05) is 36.4 Å². The third-order valence-electron chi connectivity index (χ3n) is 3.42. The molecule has 2 aromatic rings. The maximum absolute atomic E-state index is 6.03. The molecule has 22 heavy (non-hydrogen) atoms. The molecule has 1 heterocycles. The third kappa shape index (κ3) is 3.54. The molecule has 0 amide bonds. The van der Waals surface area contributed by atoms with Crippen LogP contribution in [-0.4, -0.2) is 18.9 Å². The highest BCUT2D eigenvalue weighted by Crippen LogP contribution is 2.24. The van der Waals surface area contributed by atoms with Gasteiger partial charge in [0.25, 0.3) is 0 Å². The van der Waals surface area contributed by atoms with Gasteiger partial charge in [-0.2, -0.15) is 0 Å². The van der Waals surface area contributed by atoms with Gasteiger partial charge in [-0.1, -0.05) is 41.4 Å². The van der Waals surface area contributed by atoms with Gasteiger partial charge in [0.1, 0.15) is 18.2 Å². The monoisotopic (exact) mass is 334 g/mol. The Kier molecular flexibility index (Phi) is 4.86. The van der Waals surface area contributed by atoms with Crippen molar-refractivity contribution in [3.8, 4) is 5.75 Å². The molecule has 1 aliphatic heterocycles. The van der Waals surface area contributed by atoms with Crippen LogP contribution in [0.4, 0.5) is 0 Å². The van der Waals surface area contributed by atoms with Gasteiger partial charge in [-0.15, -0.1) is 0 Å². The third-order valence-corrected chi connectivity index (χ3v) is 4.16. The Labute approximate surface area is 139 Å². The van der Waals surface area contributed by atoms with Crippen molar-refractivity contribution in [2.75, 3.05) is 13.1 Å². The number of benzene rings is 2. The van der Waals surface area contributed by atoms with Gasteiger partial charge in [0.15, 0.2) is 0 Å². The summed E-state index contributed by atoms with van der Waals surface area (Å²) in [7, 11) is 0. The molecular formula is C17H16Cl2N2O. The number of nitrogens with zero attached hydrogens (tertiary/aromatic N) is 1. The van der Waals surface area contributed by atoms with Crippen molar-refractivity contribution in [2.45, 2.75) is 13.0 Å². The fourth-order valence-corrected chi connectivity index (χ4v) is 2.61. The van der Waals surface area contributed by atoms with Crippen molar-refractivity contribution in [3.63, 3.8) is 0 Å². The van der Waals surface area contributed by atoms with Gasteiger partial charge >= 0.3 is 0 Å². The van der Waals surface area contributed by atoms with Gasteiger partial charge < -0.3 is 10.1 Å². The van der Waals surface area contributed by atoms with E-state index in [0.29, 0.717) is 16.7 Å². The van der Waals surface area contributed by atoms with Crippen molar-refractivity contribution in [2.24, 2.45) is 4.99 Å². The number of rotatable bonds is 4. The van der Waals surface area contributed by atoms with Crippen LogP contribution in [0.25, 0.3) is 0 Å². The lowest BCUT2D eigenvalue weighted by atomic mass is 10.1. The molecule has 0 saturated carbocycles. The summed E-state index contributed by atoms with van der Waals surface area (Å²) >= 11 is 12.0. The van der Waals surface area contributed by atoms with E-state index in [0.717, 1.165) is 42.2 Å². The molecule has 1 N–H and O–H groups in total. The Hall–Kier alpha value is -1.71. The molecule has 0 atom stereocenters. The molecule has 0 radical (unpaired) electrons. The zero-order valence-electron chi connectivity index (χ0n) is 12.0. The molecule has 1 aliphatic rings. The predicted octanol–water partition coefficient (Wildman–Crippen LogP) is 4.31. The Morgan fingerprint density at radius 2 is 1.95 bits per heavy atom. The summed E-state index contributed by atoms with van der Waals surface area (Å²) in [5, 5.41) is 4.41. The first-order valence-corrected chi connectivity index (χ1v) is 7.94. The van der Waals surface area contributed by atoms with E-state index >= 15 is 0 Å². The van der Waals surface area contributed by atoms with E-state index in [2.05, 4.69) is 10.3 Å². The van der Waals surface area contributed by atoms with Crippen molar-refractivity contribution in [1.82, 2.24) is 5.32 Å². The lowest BCUT2D eigenvalue weighted by molar-refractivity contribution is 0.305. The molecule has 3 nitrogen and oxygen atoms in total. The van der Waals surface area contributed by atoms with E-state index in [1.165, 1.54) is 0 Å². The molecular weight excluding hydrogens is 319 g/mol. The molecule has 0 spiro atoms. The van der Waals surface area contributed by atoms with Gasteiger partial charge in [-0.05, 0) is 36.2 Å². The molecule has 2 aromatic carbocycles. The Morgan fingerprint density at radius 1 is 1.09 bits per heavy atom. The predicted molar refractivity (Wildman–Crippen MR) is 91.3 cm³/mol. The summed E-state index contributed by atoms with van der Waals surface area (Å²) in [6.07, 6.45) is 1.07. The highest BCUT2D eigenvalue weighted by molar-refractivity contribution is 6.42. The molecule has 114 valence electrons. The number of aliphatic imine (C=N–C) groups is 1. The first-order valence-electron chi connectivity index (χ1n) is 7.18. The number of hydrogen-bond donors (Lipinski definition) is 1. The second-order valence-corrected chi connectivity index (χ2v) is 5.86. The molecule has 3 rings (SSSR count). The summed E-state index contributed by atoms with van der Waals surface area (Å²) in [6.45, 7) is 2.23. The number of para-hydroxylation sites is 1. The van der Waals surface area contributed by atoms with E-state index in [1.54, 1.807) is 6.07 Å². The normalized spacial score (nSPS) is 14.2. The van der Waals surface area contributed by atoms with Crippen molar-refractivity contribution < 1.29 is 4.74 Å². The van der Waals surface area contributed by atoms with Gasteiger partial charge in [0.2, 0.25) is 0 Å². The summed E-state index contributed by atoms with van der Waals surface area (Å²) in [5.74, 6) is 1.71. The fourth-order valence-electron chi connectivity index (χ4n) is 2.29. The molecule has 0 aromatic heterocycles. The average Bonchev–Trinajstić information content (AvgIpc) is 2.57. The number of nitrogens with one attached hydrogen (secondary N) is 1. The lowest BCUT2D eigenvalue weighted by Crippen LogP contribution is -2.30. The maximum Gasteiger partial charge on any atom is 0.132 e. The van der Waals surface area contributed by atoms with E-state index in [4.69, 9.17) is 27.9 Å². The van der Waals surface area contributed by atoms with Crippen molar-refractivity contribution in [3.05, 3.63) is 63.6 Å². The molecule has 0 fully saturated rings. The standard InChI is InChI=1S/C17H16Cl2N2O/c18-14-7-6-12(10-15(14)19)11-22-16-5-2-1-4-13(16)17-20-8-3-9-21-17/h1-2,4-7,10H,3,8-9,11H2,(H,20,21). The Morgan fingerprint density at radius 3 is 2.73 bits per heavy atom. The van der Waals surface area contributed by atoms with Gasteiger partial charge in [0.05, 0.1) is 15.6 Å². The second kappa shape index (κ2) is 7.03. The van der Waals surface area contributed by atoms with Gasteiger partial charge in [0, 0.05) is 13.1 Å². The molecule has 0 aliphatic carbocycles. The number of amidine groups is 1. The SMILES string of the molecule is Clc1ccc(COc2ccccc2C2=NCCCN2)cc1Cl. The second-order valence-electron chi connectivity index (χ2n) is 5.04. The van der Waals surface area contributed by atoms with E-state index in [-0.39, 0.29) is 0 Å². The highest BCUT2D eigenvalue weighted by atomic mass is 35.5. The zero-order chi connectivity index (χ0) is 15.4. The summed E-state index contributed by atoms with van der Waals surface area (Å²) < 4.78 is 5.95. The number of halogens is 2. The van der Waals surface area contributed by atoms with Gasteiger partial charge in [-0.3, -0.25) is 4.99 Å². The molecule has 0 saturated heterocycles. The average molecular weight is 335 g/mol. The van der Waals surface area contributed by atoms with Crippen LogP contribution in [-0.2, 0) is 6.61 Å². The summed E-state index contributed by atoms with van der Waals surface area (Å²) in [4.78, 5) is 4.53. The Bertz CT molecular complexity index is 701. The minimum absolute atomic E-state index is 0.432. The number of hydrogen-bond acceptors (Lipinski definition) is 3. The number of ether oxygens (including phenoxy) is 1. The fraction of sp³-hybridized carbons (Fsp3) is 0.235. The van der Waals surface area contributed by atoms with Crippen molar-refractivity contribution in [1.29, 1.82) is 0 Å². The highest BCUT2D eigenvalue weighted by Gasteiger charge is 2.12. The van der Waals surface area contributed by atoms with Gasteiger partial charge in [-0.25, -0.2) is 0 Å². The van der Waals surface area contributed by atoms with Crippen LogP contribution in [0.5, 0.6) is 5.75 Å². The summed E-state index contributed by atoms with van der Waals surface area (Å²) in [5.41, 5.74) is 1.96. The van der Waals surface area contributed by atoms with Crippen molar-refractivity contribution >= 4 is 29.0 Å². The summed E-state index contributed by atoms with van der Waals surface area (Å²) in [6, 6.07) is 13.4. The first-order chi connectivity index (χ1) is 10.7. The smallest absolute Gasteiger partial charge is 0.132 e. The van der Waals surface area contributed by atoms with E-state index < -0.39 is 0 Å². The first kappa shape index (κ1) is 15.2. The molecule has 0 unspecified atom stereocenters. The minimum atomic E-state index is 0.432. The van der Waals surface area contributed by atoms with Crippen LogP contribution in [0, 0.1) is 0 Å². The van der Waals surface area contributed by atoms with Crippen LogP contribution in [0.15, 0.2) is 47.5 Å². The quantitative estimate of drug-likeness (QED) is 0.903. The lowest BCUT2D eigenvalue weighted by Gasteiger charge is -2.17. The topological polar surface area (TPSA) is 33.6 Å². The zero-order valence-corrected chi connectivity index (χ0v) is 13.5.